The molecule has 0 saturated carbocycles. The highest BCUT2D eigenvalue weighted by Gasteiger charge is 2.23. The molecule has 0 unspecified atom stereocenters. The summed E-state index contributed by atoms with van der Waals surface area (Å²) >= 11 is 0. The van der Waals surface area contributed by atoms with E-state index < -0.39 is 15.0 Å². The smallest absolute Gasteiger partial charge is 0.294 e. The Morgan fingerprint density at radius 3 is 1.02 bits per heavy atom. The lowest BCUT2D eigenvalue weighted by Crippen LogP contribution is -2.05. The van der Waals surface area contributed by atoms with E-state index in [0.717, 1.165) is 27.8 Å². The van der Waals surface area contributed by atoms with E-state index in [9.17, 15) is 33.4 Å². The van der Waals surface area contributed by atoms with E-state index in [-0.39, 0.29) is 59.8 Å². The number of rotatable bonds is 3. The first kappa shape index (κ1) is 32.0. The van der Waals surface area contributed by atoms with E-state index in [1.165, 1.54) is 12.1 Å². The Morgan fingerprint density at radius 2 is 0.714 bits per heavy atom. The zero-order chi connectivity index (χ0) is 34.4. The number of benzene rings is 6. The third-order valence-corrected chi connectivity index (χ3v) is 10.1. The van der Waals surface area contributed by atoms with Crippen LogP contribution in [0.3, 0.4) is 0 Å². The van der Waals surface area contributed by atoms with E-state index >= 15 is 0 Å². The maximum absolute atomic E-state index is 12.5. The van der Waals surface area contributed by atoms with Crippen molar-refractivity contribution in [1.82, 2.24) is 0 Å². The van der Waals surface area contributed by atoms with E-state index in [4.69, 9.17) is 0 Å². The standard InChI is InChI=1S/C41H34O7S/c1-24-12-29-18-31-14-27(25-8-4-2-5-9-25)16-33(39(31)43)20-35-22-37(49(46,47)48)23-36(41(35)45)21-34-17-28(26-10-6-3-7-11-26)15-32(40(34)44)19-30(13-24)38(29)42/h2-17,22-23,42-45H,18-21H2,1H3,(H,46,47,48). The molecule has 0 saturated heterocycles. The highest BCUT2D eigenvalue weighted by Crippen LogP contribution is 2.41. The highest BCUT2D eigenvalue weighted by atomic mass is 32.2. The molecule has 0 heterocycles. The molecular formula is C41H34O7S. The molecule has 6 aromatic carbocycles. The van der Waals surface area contributed by atoms with Crippen LogP contribution in [0.15, 0.2) is 114 Å². The van der Waals surface area contributed by atoms with E-state index in [1.54, 1.807) is 12.1 Å². The average molecular weight is 671 g/mol. The fourth-order valence-corrected chi connectivity index (χ4v) is 7.41. The summed E-state index contributed by atoms with van der Waals surface area (Å²) in [6, 6.07) is 32.6. The van der Waals surface area contributed by atoms with Crippen LogP contribution >= 0.6 is 0 Å². The van der Waals surface area contributed by atoms with Crippen molar-refractivity contribution in [2.45, 2.75) is 37.5 Å². The first-order valence-electron chi connectivity index (χ1n) is 15.9. The second kappa shape index (κ2) is 12.5. The van der Waals surface area contributed by atoms with E-state index in [2.05, 4.69) is 0 Å². The Morgan fingerprint density at radius 1 is 0.429 bits per heavy atom. The van der Waals surface area contributed by atoms with E-state index in [0.29, 0.717) is 33.4 Å². The van der Waals surface area contributed by atoms with Gasteiger partial charge in [-0.2, -0.15) is 8.42 Å². The Labute approximate surface area is 284 Å². The van der Waals surface area contributed by atoms with Crippen LogP contribution in [0.2, 0.25) is 0 Å². The maximum Gasteiger partial charge on any atom is 0.294 e. The predicted molar refractivity (Wildman–Crippen MR) is 189 cm³/mol. The lowest BCUT2D eigenvalue weighted by Gasteiger charge is -2.20. The van der Waals surface area contributed by atoms with Gasteiger partial charge in [0.25, 0.3) is 10.1 Å². The molecule has 1 aliphatic carbocycles. The number of fused-ring (bicyclic) bond motifs is 8. The van der Waals surface area contributed by atoms with Gasteiger partial charge in [0, 0.05) is 36.8 Å². The number of aryl methyl sites for hydroxylation is 1. The molecule has 7 rings (SSSR count). The van der Waals surface area contributed by atoms with Gasteiger partial charge in [0.2, 0.25) is 0 Å². The number of aromatic hydroxyl groups is 4. The average Bonchev–Trinajstić information content (AvgIpc) is 3.08. The molecule has 5 N–H and O–H groups in total. The molecule has 1 aliphatic rings. The molecule has 0 atom stereocenters. The van der Waals surface area contributed by atoms with Crippen molar-refractivity contribution in [3.63, 3.8) is 0 Å². The van der Waals surface area contributed by atoms with Crippen molar-refractivity contribution in [2.24, 2.45) is 0 Å². The number of hydrogen-bond donors (Lipinski definition) is 5. The van der Waals surface area contributed by atoms with Gasteiger partial charge in [-0.15, -0.1) is 0 Å². The summed E-state index contributed by atoms with van der Waals surface area (Å²) in [6.45, 7) is 1.93. The fourth-order valence-electron chi connectivity index (χ4n) is 6.82. The molecule has 0 aromatic heterocycles. The summed E-state index contributed by atoms with van der Waals surface area (Å²) in [4.78, 5) is -0.412. The minimum absolute atomic E-state index is 0.0530. The Bertz CT molecular complexity index is 2210. The van der Waals surface area contributed by atoms with Gasteiger partial charge < -0.3 is 20.4 Å². The van der Waals surface area contributed by atoms with Crippen molar-refractivity contribution in [1.29, 1.82) is 0 Å². The van der Waals surface area contributed by atoms with Crippen molar-refractivity contribution < 1.29 is 33.4 Å². The molecule has 0 fully saturated rings. The lowest BCUT2D eigenvalue weighted by atomic mass is 9.88. The van der Waals surface area contributed by atoms with Crippen LogP contribution in [0.1, 0.15) is 50.1 Å². The molecule has 0 spiro atoms. The zero-order valence-corrected chi connectivity index (χ0v) is 27.5. The topological polar surface area (TPSA) is 135 Å². The van der Waals surface area contributed by atoms with Gasteiger partial charge in [0.15, 0.2) is 0 Å². The minimum Gasteiger partial charge on any atom is -0.507 e. The number of hydrogen-bond acceptors (Lipinski definition) is 6. The summed E-state index contributed by atoms with van der Waals surface area (Å²) in [7, 11) is -4.70. The Balaban J connectivity index is 1.52. The van der Waals surface area contributed by atoms with Crippen molar-refractivity contribution in [2.75, 3.05) is 0 Å². The van der Waals surface area contributed by atoms with Crippen molar-refractivity contribution >= 4 is 10.1 Å². The van der Waals surface area contributed by atoms with Crippen LogP contribution in [0.5, 0.6) is 23.0 Å². The Kier molecular flexibility index (Phi) is 8.14. The van der Waals surface area contributed by atoms with Gasteiger partial charge in [0.1, 0.15) is 23.0 Å². The molecule has 8 bridgehead atoms. The number of phenols is 4. The predicted octanol–water partition coefficient (Wildman–Crippen LogP) is 8.07. The lowest BCUT2D eigenvalue weighted by molar-refractivity contribution is 0.450. The fraction of sp³-hybridized carbons (Fsp3) is 0.122. The van der Waals surface area contributed by atoms with Crippen molar-refractivity contribution in [3.05, 3.63) is 159 Å². The summed E-state index contributed by atoms with van der Waals surface area (Å²) in [6.07, 6.45) is 0.190. The molecule has 0 radical (unpaired) electrons. The van der Waals surface area contributed by atoms with Crippen LogP contribution in [0, 0.1) is 6.92 Å². The van der Waals surface area contributed by atoms with Gasteiger partial charge in [-0.25, -0.2) is 0 Å². The van der Waals surface area contributed by atoms with Gasteiger partial charge >= 0.3 is 0 Å². The normalized spacial score (nSPS) is 12.9. The van der Waals surface area contributed by atoms with Gasteiger partial charge in [0.05, 0.1) is 4.90 Å². The van der Waals surface area contributed by atoms with Crippen LogP contribution in [0.4, 0.5) is 0 Å². The summed E-state index contributed by atoms with van der Waals surface area (Å²) in [5, 5.41) is 46.7. The van der Waals surface area contributed by atoms with Crippen LogP contribution in [-0.2, 0) is 35.8 Å². The molecule has 8 heteroatoms. The van der Waals surface area contributed by atoms with Crippen molar-refractivity contribution in [3.8, 4) is 45.3 Å². The SMILES string of the molecule is Cc1cc2c(O)c(c1)Cc1cc(-c3ccccc3)cc(c1O)Cc1cc(S(=O)(=O)O)cc(c1O)Cc1cc(-c3ccccc3)cc(c1O)C2. The molecule has 246 valence electrons. The molecule has 6 aromatic rings. The maximum atomic E-state index is 12.5. The van der Waals surface area contributed by atoms with Gasteiger partial charge in [-0.3, -0.25) is 4.55 Å². The second-order valence-corrected chi connectivity index (χ2v) is 14.1. The quantitative estimate of drug-likeness (QED) is 0.120. The molecule has 0 amide bonds. The largest absolute Gasteiger partial charge is 0.507 e. The highest BCUT2D eigenvalue weighted by molar-refractivity contribution is 7.85. The zero-order valence-electron chi connectivity index (χ0n) is 26.7. The monoisotopic (exact) mass is 670 g/mol. The third-order valence-electron chi connectivity index (χ3n) is 9.22. The molecule has 49 heavy (non-hydrogen) atoms. The molecule has 7 nitrogen and oxygen atoms in total. The van der Waals surface area contributed by atoms with Gasteiger partial charge in [-0.1, -0.05) is 78.4 Å². The molecule has 0 aliphatic heterocycles. The second-order valence-electron chi connectivity index (χ2n) is 12.7. The van der Waals surface area contributed by atoms with Crippen LogP contribution in [-0.4, -0.2) is 33.4 Å². The summed E-state index contributed by atoms with van der Waals surface area (Å²) < 4.78 is 35.2. The minimum atomic E-state index is -4.70. The molecular weight excluding hydrogens is 637 g/mol. The summed E-state index contributed by atoms with van der Waals surface area (Å²) in [5.74, 6) is -0.254. The van der Waals surface area contributed by atoms with E-state index in [1.807, 2.05) is 91.9 Å². The third kappa shape index (κ3) is 6.36. The first-order valence-corrected chi connectivity index (χ1v) is 17.3. The first-order chi connectivity index (χ1) is 23.4. The summed E-state index contributed by atoms with van der Waals surface area (Å²) in [5.41, 5.74) is 7.65. The Hall–Kier alpha value is -5.57. The van der Waals surface area contributed by atoms with Crippen LogP contribution < -0.4 is 0 Å². The number of phenolic OH excluding ortho intramolecular Hbond substituents is 4. The van der Waals surface area contributed by atoms with Crippen LogP contribution in [0.25, 0.3) is 22.3 Å². The van der Waals surface area contributed by atoms with Gasteiger partial charge in [-0.05, 0) is 99.0 Å².